The molecule has 0 amide bonds. The van der Waals surface area contributed by atoms with Crippen LogP contribution in [0.3, 0.4) is 0 Å². The Kier molecular flexibility index (Phi) is 2.56. The Morgan fingerprint density at radius 3 is 2.43 bits per heavy atom. The molecule has 110 valence electrons. The van der Waals surface area contributed by atoms with Crippen LogP contribution in [0.15, 0.2) is 78.9 Å². The zero-order chi connectivity index (χ0) is 15.2. The van der Waals surface area contributed by atoms with Crippen LogP contribution in [0.4, 0.5) is 5.69 Å². The molecule has 0 saturated heterocycles. The summed E-state index contributed by atoms with van der Waals surface area (Å²) in [6, 6.07) is 27.2. The molecule has 3 heteroatoms. The van der Waals surface area contributed by atoms with E-state index in [-0.39, 0.29) is 6.17 Å². The lowest BCUT2D eigenvalue weighted by Gasteiger charge is -2.30. The average Bonchev–Trinajstić information content (AvgIpc) is 3.02. The molecule has 0 saturated carbocycles. The van der Waals surface area contributed by atoms with Gasteiger partial charge in [0.25, 0.3) is 0 Å². The first-order valence-electron chi connectivity index (χ1n) is 7.80. The number of para-hydroxylation sites is 3. The number of fused-ring (bicyclic) bond motifs is 5. The van der Waals surface area contributed by atoms with E-state index >= 15 is 0 Å². The van der Waals surface area contributed by atoms with E-state index in [1.165, 1.54) is 5.56 Å². The average molecular weight is 297 g/mol. The molecule has 23 heavy (non-hydrogen) atoms. The highest BCUT2D eigenvalue weighted by Gasteiger charge is 2.27. The second-order valence-corrected chi connectivity index (χ2v) is 5.80. The summed E-state index contributed by atoms with van der Waals surface area (Å²) in [6.45, 7) is 0. The molecule has 0 unspecified atom stereocenters. The van der Waals surface area contributed by atoms with Crippen molar-refractivity contribution in [2.45, 2.75) is 6.17 Å². The minimum Gasteiger partial charge on any atom is -0.361 e. The lowest BCUT2D eigenvalue weighted by molar-refractivity contribution is 0.669. The van der Waals surface area contributed by atoms with Crippen LogP contribution in [0, 0.1) is 0 Å². The summed E-state index contributed by atoms with van der Waals surface area (Å²) in [4.78, 5) is 4.89. The Morgan fingerprint density at radius 1 is 0.783 bits per heavy atom. The zero-order valence-electron chi connectivity index (χ0n) is 12.5. The molecule has 3 aromatic carbocycles. The molecular weight excluding hydrogens is 282 g/mol. The summed E-state index contributed by atoms with van der Waals surface area (Å²) >= 11 is 0. The van der Waals surface area contributed by atoms with Gasteiger partial charge < -0.3 is 5.32 Å². The Balaban J connectivity index is 1.85. The van der Waals surface area contributed by atoms with Gasteiger partial charge >= 0.3 is 0 Å². The maximum absolute atomic E-state index is 4.89. The molecule has 0 spiro atoms. The van der Waals surface area contributed by atoms with Crippen molar-refractivity contribution in [1.82, 2.24) is 9.55 Å². The summed E-state index contributed by atoms with van der Waals surface area (Å²) in [5.74, 6) is 1.02. The van der Waals surface area contributed by atoms with Gasteiger partial charge in [-0.25, -0.2) is 4.98 Å². The van der Waals surface area contributed by atoms with Crippen molar-refractivity contribution in [1.29, 1.82) is 0 Å². The van der Waals surface area contributed by atoms with Crippen molar-refractivity contribution in [2.24, 2.45) is 0 Å². The highest BCUT2D eigenvalue weighted by atomic mass is 15.2. The molecule has 3 nitrogen and oxygen atoms in total. The van der Waals surface area contributed by atoms with Crippen LogP contribution in [0.1, 0.15) is 11.7 Å². The van der Waals surface area contributed by atoms with E-state index in [0.717, 1.165) is 28.1 Å². The van der Waals surface area contributed by atoms with Gasteiger partial charge in [-0.2, -0.15) is 0 Å². The number of aromatic nitrogens is 2. The highest BCUT2D eigenvalue weighted by Crippen LogP contribution is 2.40. The third-order valence-corrected chi connectivity index (χ3v) is 4.43. The number of imidazole rings is 1. The van der Waals surface area contributed by atoms with Gasteiger partial charge in [-0.05, 0) is 29.8 Å². The monoisotopic (exact) mass is 297 g/mol. The lowest BCUT2D eigenvalue weighted by Crippen LogP contribution is -2.24. The van der Waals surface area contributed by atoms with Crippen molar-refractivity contribution < 1.29 is 0 Å². The van der Waals surface area contributed by atoms with Crippen LogP contribution in [0.25, 0.3) is 22.4 Å². The molecule has 2 heterocycles. The largest absolute Gasteiger partial charge is 0.361 e. The standard InChI is InChI=1S/C20H15N3/c1-2-8-14(9-3-1)19-21-16-11-5-4-10-15(16)20-22-17-12-6-7-13-18(17)23(19)20/h1-13,19,21H/t19-/m0/s1. The smallest absolute Gasteiger partial charge is 0.145 e. The van der Waals surface area contributed by atoms with Gasteiger partial charge in [0, 0.05) is 11.3 Å². The van der Waals surface area contributed by atoms with Gasteiger partial charge in [-0.3, -0.25) is 4.57 Å². The molecule has 0 radical (unpaired) electrons. The number of rotatable bonds is 1. The topological polar surface area (TPSA) is 29.9 Å². The molecule has 4 aromatic rings. The molecule has 0 aliphatic carbocycles. The fraction of sp³-hybridized carbons (Fsp3) is 0.0500. The summed E-state index contributed by atoms with van der Waals surface area (Å²) in [5, 5.41) is 3.67. The van der Waals surface area contributed by atoms with Crippen LogP contribution < -0.4 is 5.32 Å². The quantitative estimate of drug-likeness (QED) is 0.553. The van der Waals surface area contributed by atoms with Gasteiger partial charge in [-0.15, -0.1) is 0 Å². The molecule has 1 atom stereocenters. The van der Waals surface area contributed by atoms with E-state index < -0.39 is 0 Å². The molecule has 5 rings (SSSR count). The number of hydrogen-bond donors (Lipinski definition) is 1. The first kappa shape index (κ1) is 12.5. The van der Waals surface area contributed by atoms with Crippen molar-refractivity contribution in [2.75, 3.05) is 5.32 Å². The molecule has 1 aliphatic heterocycles. The van der Waals surface area contributed by atoms with Crippen LogP contribution in [-0.2, 0) is 0 Å². The summed E-state index contributed by atoms with van der Waals surface area (Å²) in [7, 11) is 0. The van der Waals surface area contributed by atoms with Gasteiger partial charge in [0.2, 0.25) is 0 Å². The first-order chi connectivity index (χ1) is 11.4. The highest BCUT2D eigenvalue weighted by molar-refractivity contribution is 5.86. The van der Waals surface area contributed by atoms with E-state index in [1.807, 2.05) is 12.1 Å². The molecule has 0 fully saturated rings. The van der Waals surface area contributed by atoms with Gasteiger partial charge in [0.1, 0.15) is 12.0 Å². The maximum Gasteiger partial charge on any atom is 0.145 e. The zero-order valence-corrected chi connectivity index (χ0v) is 12.5. The van der Waals surface area contributed by atoms with Gasteiger partial charge in [0.05, 0.1) is 11.0 Å². The minimum atomic E-state index is 0.0495. The minimum absolute atomic E-state index is 0.0495. The number of nitrogens with one attached hydrogen (secondary N) is 1. The van der Waals surface area contributed by atoms with E-state index in [2.05, 4.69) is 76.6 Å². The molecular formula is C20H15N3. The van der Waals surface area contributed by atoms with Crippen LogP contribution in [-0.4, -0.2) is 9.55 Å². The molecule has 1 aromatic heterocycles. The summed E-state index contributed by atoms with van der Waals surface area (Å²) < 4.78 is 2.30. The first-order valence-corrected chi connectivity index (χ1v) is 7.80. The predicted octanol–water partition coefficient (Wildman–Crippen LogP) is 4.68. The van der Waals surface area contributed by atoms with E-state index in [0.29, 0.717) is 0 Å². The predicted molar refractivity (Wildman–Crippen MR) is 93.4 cm³/mol. The summed E-state index contributed by atoms with van der Waals surface area (Å²) in [6.07, 6.45) is 0.0495. The Morgan fingerprint density at radius 2 is 1.52 bits per heavy atom. The molecule has 0 bridgehead atoms. The number of anilines is 1. The maximum atomic E-state index is 4.89. The second-order valence-electron chi connectivity index (χ2n) is 5.80. The Hall–Kier alpha value is -3.07. The molecule has 1 N–H and O–H groups in total. The molecule has 1 aliphatic rings. The van der Waals surface area contributed by atoms with E-state index in [9.17, 15) is 0 Å². The third-order valence-electron chi connectivity index (χ3n) is 4.43. The fourth-order valence-corrected chi connectivity index (χ4v) is 3.38. The van der Waals surface area contributed by atoms with Crippen molar-refractivity contribution >= 4 is 16.7 Å². The van der Waals surface area contributed by atoms with Crippen LogP contribution in [0.2, 0.25) is 0 Å². The van der Waals surface area contributed by atoms with Crippen molar-refractivity contribution in [3.8, 4) is 11.4 Å². The third kappa shape index (κ3) is 1.80. The normalized spacial score (nSPS) is 15.7. The van der Waals surface area contributed by atoms with Crippen LogP contribution in [0.5, 0.6) is 0 Å². The van der Waals surface area contributed by atoms with E-state index in [4.69, 9.17) is 4.98 Å². The van der Waals surface area contributed by atoms with Crippen LogP contribution >= 0.6 is 0 Å². The van der Waals surface area contributed by atoms with Gasteiger partial charge in [-0.1, -0.05) is 54.6 Å². The number of hydrogen-bond acceptors (Lipinski definition) is 2. The number of benzene rings is 3. The second kappa shape index (κ2) is 4.71. The van der Waals surface area contributed by atoms with Gasteiger partial charge in [0.15, 0.2) is 0 Å². The summed E-state index contributed by atoms with van der Waals surface area (Å²) in [5.41, 5.74) is 5.69. The lowest BCUT2D eigenvalue weighted by atomic mass is 10.1. The Bertz CT molecular complexity index is 1000. The van der Waals surface area contributed by atoms with E-state index in [1.54, 1.807) is 0 Å². The SMILES string of the molecule is c1ccc([C@H]2Nc3ccccc3-c3nc4ccccc4n32)cc1. The van der Waals surface area contributed by atoms with Crippen molar-refractivity contribution in [3.05, 3.63) is 84.4 Å². The number of nitrogens with zero attached hydrogens (tertiary/aromatic N) is 2. The Labute approximate surface area is 134 Å². The van der Waals surface area contributed by atoms with Crippen molar-refractivity contribution in [3.63, 3.8) is 0 Å². The fourth-order valence-electron chi connectivity index (χ4n) is 3.38.